The van der Waals surface area contributed by atoms with Crippen molar-refractivity contribution in [3.63, 3.8) is 0 Å². The lowest BCUT2D eigenvalue weighted by atomic mass is 10.2. The maximum atomic E-state index is 13.1. The molecule has 0 radical (unpaired) electrons. The second kappa shape index (κ2) is 6.11. The van der Waals surface area contributed by atoms with Crippen molar-refractivity contribution in [2.45, 2.75) is 6.54 Å². The van der Waals surface area contributed by atoms with Crippen LogP contribution in [0.3, 0.4) is 0 Å². The second-order valence-electron chi connectivity index (χ2n) is 4.83. The monoisotopic (exact) mass is 316 g/mol. The molecule has 0 aliphatic rings. The third-order valence-corrected chi connectivity index (χ3v) is 3.52. The van der Waals surface area contributed by atoms with E-state index in [1.54, 1.807) is 24.3 Å². The number of halogens is 1. The molecule has 4 nitrogen and oxygen atoms in total. The molecule has 22 heavy (non-hydrogen) atoms. The number of hydrogen-bond donors (Lipinski definition) is 3. The first kappa shape index (κ1) is 14.5. The average molecular weight is 316 g/mol. The minimum absolute atomic E-state index is 0.244. The van der Waals surface area contributed by atoms with Gasteiger partial charge in [-0.3, -0.25) is 4.79 Å². The molecule has 0 saturated heterocycles. The summed E-state index contributed by atoms with van der Waals surface area (Å²) in [7, 11) is 0. The highest BCUT2D eigenvalue weighted by atomic mass is 32.1. The molecule has 0 fully saturated rings. The molecule has 1 amide bonds. The van der Waals surface area contributed by atoms with Crippen molar-refractivity contribution in [1.82, 2.24) is 10.3 Å². The van der Waals surface area contributed by atoms with E-state index in [2.05, 4.69) is 23.2 Å². The highest BCUT2D eigenvalue weighted by Crippen LogP contribution is 2.17. The first-order chi connectivity index (χ1) is 10.7. The van der Waals surface area contributed by atoms with Crippen molar-refractivity contribution in [2.75, 3.05) is 0 Å². The predicted octanol–water partition coefficient (Wildman–Crippen LogP) is 3.46. The molecule has 0 aliphatic carbocycles. The molecule has 0 unspecified atom stereocenters. The van der Waals surface area contributed by atoms with Crippen LogP contribution < -0.4 is 9.50 Å². The van der Waals surface area contributed by atoms with Crippen molar-refractivity contribution in [3.8, 4) is 5.75 Å². The van der Waals surface area contributed by atoms with E-state index >= 15 is 0 Å². The fourth-order valence-corrected chi connectivity index (χ4v) is 2.29. The molecule has 0 atom stereocenters. The van der Waals surface area contributed by atoms with Gasteiger partial charge in [0.25, 0.3) is 5.91 Å². The van der Waals surface area contributed by atoms with Crippen LogP contribution in [-0.2, 0) is 6.54 Å². The molecule has 112 valence electrons. The fourth-order valence-electron chi connectivity index (χ4n) is 2.17. The van der Waals surface area contributed by atoms with Crippen molar-refractivity contribution < 1.29 is 13.4 Å². The topological polar surface area (TPSA) is 54.1 Å². The summed E-state index contributed by atoms with van der Waals surface area (Å²) in [5.41, 5.74) is 2.06. The number of amides is 1. The Morgan fingerprint density at radius 2 is 1.95 bits per heavy atom. The van der Waals surface area contributed by atoms with Crippen molar-refractivity contribution in [2.24, 2.45) is 0 Å². The van der Waals surface area contributed by atoms with E-state index in [0.29, 0.717) is 23.4 Å². The zero-order valence-electron chi connectivity index (χ0n) is 11.5. The van der Waals surface area contributed by atoms with Crippen LogP contribution in [0.2, 0.25) is 0 Å². The molecular formula is C16H13FN2O2S. The second-order valence-corrected chi connectivity index (χ2v) is 5.02. The molecule has 0 spiro atoms. The van der Waals surface area contributed by atoms with E-state index in [4.69, 9.17) is 4.18 Å². The maximum Gasteiger partial charge on any atom is 0.267 e. The van der Waals surface area contributed by atoms with Crippen molar-refractivity contribution in [3.05, 3.63) is 65.6 Å². The number of aromatic nitrogens is 1. The summed E-state index contributed by atoms with van der Waals surface area (Å²) in [5, 5.41) is 3.47. The lowest BCUT2D eigenvalue weighted by molar-refractivity contribution is 0.0947. The van der Waals surface area contributed by atoms with Gasteiger partial charge in [-0.15, -0.1) is 0 Å². The summed E-state index contributed by atoms with van der Waals surface area (Å²) in [4.78, 5) is 15.1. The van der Waals surface area contributed by atoms with Gasteiger partial charge in [-0.1, -0.05) is 12.1 Å². The van der Waals surface area contributed by atoms with Gasteiger partial charge >= 0.3 is 0 Å². The first-order valence-corrected chi connectivity index (χ1v) is 6.99. The Hall–Kier alpha value is -2.47. The number of nitrogens with one attached hydrogen (secondary N) is 2. The number of benzene rings is 2. The zero-order valence-corrected chi connectivity index (χ0v) is 12.4. The third kappa shape index (κ3) is 3.07. The fraction of sp³-hybridized carbons (Fsp3) is 0.0625. The highest BCUT2D eigenvalue weighted by molar-refractivity contribution is 7.75. The number of fused-ring (bicyclic) bond motifs is 1. The number of rotatable bonds is 4. The number of carbonyl (C=O) groups is 1. The lowest BCUT2D eigenvalue weighted by Gasteiger charge is -2.04. The molecule has 3 rings (SSSR count). The molecule has 2 N–H and O–H groups in total. The summed E-state index contributed by atoms with van der Waals surface area (Å²) >= 11 is 3.71. The van der Waals surface area contributed by atoms with Gasteiger partial charge in [0.05, 0.1) is 0 Å². The van der Waals surface area contributed by atoms with Crippen LogP contribution >= 0.6 is 12.9 Å². The third-order valence-electron chi connectivity index (χ3n) is 3.31. The normalized spacial score (nSPS) is 10.6. The summed E-state index contributed by atoms with van der Waals surface area (Å²) in [6.07, 6.45) is 0. The largest absolute Gasteiger partial charge is 0.429 e. The van der Waals surface area contributed by atoms with Gasteiger partial charge < -0.3 is 14.5 Å². The van der Waals surface area contributed by atoms with Crippen LogP contribution in [0.1, 0.15) is 16.1 Å². The smallest absolute Gasteiger partial charge is 0.267 e. The molecule has 1 aromatic heterocycles. The predicted molar refractivity (Wildman–Crippen MR) is 85.5 cm³/mol. The van der Waals surface area contributed by atoms with Gasteiger partial charge in [-0.25, -0.2) is 4.39 Å². The van der Waals surface area contributed by atoms with Gasteiger partial charge in [-0.05, 0) is 42.0 Å². The van der Waals surface area contributed by atoms with E-state index < -0.39 is 0 Å². The number of H-pyrrole nitrogens is 1. The number of carbonyl (C=O) groups excluding carboxylic acids is 1. The Morgan fingerprint density at radius 1 is 1.18 bits per heavy atom. The first-order valence-electron chi connectivity index (χ1n) is 6.62. The Labute approximate surface area is 131 Å². The highest BCUT2D eigenvalue weighted by Gasteiger charge is 2.09. The Kier molecular flexibility index (Phi) is 4.02. The SMILES string of the molecule is O=C(NCc1ccc(OS)cc1)c1cc2cc(F)ccc2[nH]1. The minimum atomic E-state index is -0.329. The molecule has 0 aliphatic heterocycles. The summed E-state index contributed by atoms with van der Waals surface area (Å²) in [6.45, 7) is 0.384. The molecule has 2 aromatic carbocycles. The maximum absolute atomic E-state index is 13.1. The number of thiol groups is 1. The van der Waals surface area contributed by atoms with Crippen molar-refractivity contribution in [1.29, 1.82) is 0 Å². The van der Waals surface area contributed by atoms with E-state index in [0.717, 1.165) is 11.1 Å². The van der Waals surface area contributed by atoms with Crippen LogP contribution in [0.4, 0.5) is 4.39 Å². The minimum Gasteiger partial charge on any atom is -0.429 e. The number of hydrogen-bond acceptors (Lipinski definition) is 3. The van der Waals surface area contributed by atoms with E-state index in [9.17, 15) is 9.18 Å². The molecule has 0 saturated carbocycles. The van der Waals surface area contributed by atoms with Gasteiger partial charge in [-0.2, -0.15) is 0 Å². The van der Waals surface area contributed by atoms with Crippen LogP contribution in [0.25, 0.3) is 10.9 Å². The Bertz CT molecular complexity index is 815. The van der Waals surface area contributed by atoms with E-state index in [1.807, 2.05) is 12.1 Å². The quantitative estimate of drug-likeness (QED) is 0.510. The van der Waals surface area contributed by atoms with Gasteiger partial charge in [0.2, 0.25) is 0 Å². The summed E-state index contributed by atoms with van der Waals surface area (Å²) in [6, 6.07) is 13.2. The Morgan fingerprint density at radius 3 is 2.68 bits per heavy atom. The zero-order chi connectivity index (χ0) is 15.5. The van der Waals surface area contributed by atoms with Crippen LogP contribution in [-0.4, -0.2) is 10.9 Å². The number of aromatic amines is 1. The van der Waals surface area contributed by atoms with Crippen molar-refractivity contribution >= 4 is 29.7 Å². The molecule has 6 heteroatoms. The molecule has 0 bridgehead atoms. The van der Waals surface area contributed by atoms with Gasteiger partial charge in [0.15, 0.2) is 0 Å². The van der Waals surface area contributed by atoms with Gasteiger partial charge in [0.1, 0.15) is 17.3 Å². The van der Waals surface area contributed by atoms with Crippen LogP contribution in [0.5, 0.6) is 5.75 Å². The molecule has 1 heterocycles. The van der Waals surface area contributed by atoms with Crippen LogP contribution in [0, 0.1) is 5.82 Å². The molecule has 3 aromatic rings. The molecular weight excluding hydrogens is 303 g/mol. The standard InChI is InChI=1S/C16H13FN2O2S/c17-12-3-6-14-11(7-12)8-15(19-14)16(20)18-9-10-1-4-13(21-22)5-2-10/h1-8,19,22H,9H2,(H,18,20). The summed E-state index contributed by atoms with van der Waals surface area (Å²) < 4.78 is 17.9. The van der Waals surface area contributed by atoms with Crippen LogP contribution in [0.15, 0.2) is 48.5 Å². The average Bonchev–Trinajstić information content (AvgIpc) is 2.96. The van der Waals surface area contributed by atoms with Gasteiger partial charge in [0, 0.05) is 30.4 Å². The summed E-state index contributed by atoms with van der Waals surface area (Å²) in [5.74, 6) is 0.0622. The lowest BCUT2D eigenvalue weighted by Crippen LogP contribution is -2.22. The van der Waals surface area contributed by atoms with E-state index in [1.165, 1.54) is 12.1 Å². The Balaban J connectivity index is 1.69. The van der Waals surface area contributed by atoms with E-state index in [-0.39, 0.29) is 11.7 Å².